The number of hydrogen-bond donors (Lipinski definition) is 1. The third kappa shape index (κ3) is 4.07. The van der Waals surface area contributed by atoms with Gasteiger partial charge in [-0.15, -0.1) is 0 Å². The number of aliphatic hydroxyl groups is 1. The number of hydrogen-bond acceptors (Lipinski definition) is 5. The summed E-state index contributed by atoms with van der Waals surface area (Å²) in [7, 11) is 3.88. The lowest BCUT2D eigenvalue weighted by atomic mass is 9.76. The summed E-state index contributed by atoms with van der Waals surface area (Å²) in [6.07, 6.45) is 6.17. The molecule has 0 radical (unpaired) electrons. The van der Waals surface area contributed by atoms with Gasteiger partial charge >= 0.3 is 0 Å². The molecule has 0 aliphatic carbocycles. The summed E-state index contributed by atoms with van der Waals surface area (Å²) < 4.78 is 13.2. The Labute approximate surface area is 148 Å². The zero-order chi connectivity index (χ0) is 17.9. The van der Waals surface area contributed by atoms with E-state index in [2.05, 4.69) is 14.9 Å². The van der Waals surface area contributed by atoms with Crippen LogP contribution < -0.4 is 9.80 Å². The van der Waals surface area contributed by atoms with Crippen LogP contribution in [-0.2, 0) is 6.42 Å². The maximum Gasteiger partial charge on any atom is 0.149 e. The second kappa shape index (κ2) is 7.35. The van der Waals surface area contributed by atoms with Crippen LogP contribution in [0.1, 0.15) is 18.4 Å². The van der Waals surface area contributed by atoms with Crippen LogP contribution in [0.25, 0.3) is 0 Å². The minimum absolute atomic E-state index is 0.0989. The Morgan fingerprint density at radius 3 is 2.68 bits per heavy atom. The second-order valence-electron chi connectivity index (χ2n) is 7.12. The first-order valence-electron chi connectivity index (χ1n) is 8.61. The molecule has 6 heteroatoms. The molecule has 1 N–H and O–H groups in total. The van der Waals surface area contributed by atoms with Crippen molar-refractivity contribution >= 4 is 11.6 Å². The molecule has 1 atom stereocenters. The van der Waals surface area contributed by atoms with Gasteiger partial charge in [-0.05, 0) is 37.0 Å². The molecule has 1 saturated heterocycles. The molecule has 5 nitrogen and oxygen atoms in total. The lowest BCUT2D eigenvalue weighted by Crippen LogP contribution is -2.47. The molecule has 0 bridgehead atoms. The first-order chi connectivity index (χ1) is 12.0. The summed E-state index contributed by atoms with van der Waals surface area (Å²) in [5, 5.41) is 10.1. The van der Waals surface area contributed by atoms with Gasteiger partial charge in [0.1, 0.15) is 17.5 Å². The monoisotopic (exact) mass is 344 g/mol. The molecule has 0 amide bonds. The normalized spacial score (nSPS) is 20.6. The molecule has 0 unspecified atom stereocenters. The molecule has 2 aromatic rings. The van der Waals surface area contributed by atoms with E-state index in [9.17, 15) is 9.50 Å². The number of halogens is 1. The molecular weight excluding hydrogens is 319 g/mol. The van der Waals surface area contributed by atoms with E-state index in [0.29, 0.717) is 6.54 Å². The average molecular weight is 344 g/mol. The van der Waals surface area contributed by atoms with E-state index >= 15 is 0 Å². The van der Waals surface area contributed by atoms with Gasteiger partial charge in [0, 0.05) is 32.6 Å². The van der Waals surface area contributed by atoms with E-state index in [4.69, 9.17) is 0 Å². The van der Waals surface area contributed by atoms with Gasteiger partial charge in [0.15, 0.2) is 0 Å². The number of anilines is 2. The molecule has 1 aromatic carbocycles. The number of aromatic nitrogens is 2. The number of rotatable bonds is 5. The largest absolute Gasteiger partial charge is 0.396 e. The predicted octanol–water partition coefficient (Wildman–Crippen LogP) is 2.50. The minimum Gasteiger partial charge on any atom is -0.396 e. The SMILES string of the molecule is CN(C)c1cncc(N2CCC[C@](CO)(Cc3ccc(F)cc3)C2)n1. The first-order valence-corrected chi connectivity index (χ1v) is 8.61. The van der Waals surface area contributed by atoms with Gasteiger partial charge in [0.25, 0.3) is 0 Å². The van der Waals surface area contributed by atoms with E-state index in [0.717, 1.165) is 43.0 Å². The van der Waals surface area contributed by atoms with Crippen LogP contribution in [0.2, 0.25) is 0 Å². The van der Waals surface area contributed by atoms with E-state index in [1.165, 1.54) is 12.1 Å². The van der Waals surface area contributed by atoms with E-state index in [-0.39, 0.29) is 17.8 Å². The Kier molecular flexibility index (Phi) is 5.18. The van der Waals surface area contributed by atoms with Gasteiger partial charge in [-0.25, -0.2) is 9.37 Å². The molecule has 2 heterocycles. The lowest BCUT2D eigenvalue weighted by molar-refractivity contribution is 0.105. The highest BCUT2D eigenvalue weighted by molar-refractivity contribution is 5.45. The minimum atomic E-state index is -0.244. The molecule has 0 spiro atoms. The molecule has 1 fully saturated rings. The summed E-state index contributed by atoms with van der Waals surface area (Å²) in [4.78, 5) is 13.1. The highest BCUT2D eigenvalue weighted by Crippen LogP contribution is 2.35. The zero-order valence-electron chi connectivity index (χ0n) is 14.8. The fourth-order valence-electron chi connectivity index (χ4n) is 3.48. The van der Waals surface area contributed by atoms with Crippen molar-refractivity contribution in [2.75, 3.05) is 43.6 Å². The summed E-state index contributed by atoms with van der Waals surface area (Å²) in [5.41, 5.74) is 0.803. The van der Waals surface area contributed by atoms with E-state index in [1.807, 2.05) is 19.0 Å². The number of piperidine rings is 1. The van der Waals surface area contributed by atoms with E-state index in [1.54, 1.807) is 24.5 Å². The Morgan fingerprint density at radius 2 is 2.00 bits per heavy atom. The molecule has 1 aromatic heterocycles. The molecule has 1 aliphatic heterocycles. The van der Waals surface area contributed by atoms with Crippen molar-refractivity contribution in [1.82, 2.24) is 9.97 Å². The Morgan fingerprint density at radius 1 is 1.24 bits per heavy atom. The van der Waals surface area contributed by atoms with Gasteiger partial charge in [0.2, 0.25) is 0 Å². The van der Waals surface area contributed by atoms with Crippen LogP contribution in [0.15, 0.2) is 36.7 Å². The summed E-state index contributed by atoms with van der Waals surface area (Å²) in [6.45, 7) is 1.71. The van der Waals surface area contributed by atoms with E-state index < -0.39 is 0 Å². The van der Waals surface area contributed by atoms with Crippen molar-refractivity contribution in [2.24, 2.45) is 5.41 Å². The van der Waals surface area contributed by atoms with Crippen molar-refractivity contribution < 1.29 is 9.50 Å². The summed E-state index contributed by atoms with van der Waals surface area (Å²) in [5.74, 6) is 1.42. The highest BCUT2D eigenvalue weighted by Gasteiger charge is 2.35. The summed E-state index contributed by atoms with van der Waals surface area (Å²) >= 11 is 0. The quantitative estimate of drug-likeness (QED) is 0.903. The van der Waals surface area contributed by atoms with Crippen molar-refractivity contribution in [3.63, 3.8) is 0 Å². The standard InChI is InChI=1S/C19H25FN4O/c1-23(2)17-11-21-12-18(22-17)24-9-3-8-19(13-24,14-25)10-15-4-6-16(20)7-5-15/h4-7,11-12,25H,3,8-10,13-14H2,1-2H3/t19-/m0/s1. The van der Waals surface area contributed by atoms with Crippen LogP contribution in [0.4, 0.5) is 16.0 Å². The maximum atomic E-state index is 13.2. The predicted molar refractivity (Wildman–Crippen MR) is 97.4 cm³/mol. The second-order valence-corrected chi connectivity index (χ2v) is 7.12. The third-order valence-electron chi connectivity index (χ3n) is 4.88. The van der Waals surface area contributed by atoms with Crippen LogP contribution in [0.3, 0.4) is 0 Å². The fraction of sp³-hybridized carbons (Fsp3) is 0.474. The fourth-order valence-corrected chi connectivity index (χ4v) is 3.48. The van der Waals surface area contributed by atoms with Crippen LogP contribution in [0, 0.1) is 11.2 Å². The van der Waals surface area contributed by atoms with Gasteiger partial charge < -0.3 is 14.9 Å². The van der Waals surface area contributed by atoms with Crippen molar-refractivity contribution in [2.45, 2.75) is 19.3 Å². The Bertz CT molecular complexity index is 707. The first kappa shape index (κ1) is 17.6. The Hall–Kier alpha value is -2.21. The topological polar surface area (TPSA) is 52.5 Å². The van der Waals surface area contributed by atoms with Gasteiger partial charge in [-0.3, -0.25) is 4.98 Å². The highest BCUT2D eigenvalue weighted by atomic mass is 19.1. The van der Waals surface area contributed by atoms with Gasteiger partial charge in [-0.1, -0.05) is 12.1 Å². The van der Waals surface area contributed by atoms with Crippen LogP contribution >= 0.6 is 0 Å². The van der Waals surface area contributed by atoms with Gasteiger partial charge in [-0.2, -0.15) is 0 Å². The third-order valence-corrected chi connectivity index (χ3v) is 4.88. The molecule has 0 saturated carbocycles. The molecule has 25 heavy (non-hydrogen) atoms. The zero-order valence-corrected chi connectivity index (χ0v) is 14.8. The van der Waals surface area contributed by atoms with Gasteiger partial charge in [0.05, 0.1) is 19.0 Å². The number of benzene rings is 1. The smallest absolute Gasteiger partial charge is 0.149 e. The number of aliphatic hydroxyl groups excluding tert-OH is 1. The molecule has 3 rings (SSSR count). The average Bonchev–Trinajstić information content (AvgIpc) is 2.64. The van der Waals surface area contributed by atoms with Crippen molar-refractivity contribution in [3.8, 4) is 0 Å². The maximum absolute atomic E-state index is 13.2. The molecule has 1 aliphatic rings. The van der Waals surface area contributed by atoms with Crippen LogP contribution in [0.5, 0.6) is 0 Å². The van der Waals surface area contributed by atoms with Crippen molar-refractivity contribution in [3.05, 3.63) is 48.0 Å². The molecular formula is C19H25FN4O. The summed E-state index contributed by atoms with van der Waals surface area (Å²) in [6, 6.07) is 6.57. The number of nitrogens with zero attached hydrogens (tertiary/aromatic N) is 4. The lowest BCUT2D eigenvalue weighted by Gasteiger charge is -2.42. The Balaban J connectivity index is 1.80. The molecule has 134 valence electrons. The van der Waals surface area contributed by atoms with Crippen molar-refractivity contribution in [1.29, 1.82) is 0 Å². The van der Waals surface area contributed by atoms with Crippen LogP contribution in [-0.4, -0.2) is 48.9 Å².